The van der Waals surface area contributed by atoms with Gasteiger partial charge in [-0.05, 0) is 37.6 Å². The summed E-state index contributed by atoms with van der Waals surface area (Å²) >= 11 is 0. The number of hydrogen-bond acceptors (Lipinski definition) is 5. The van der Waals surface area contributed by atoms with E-state index in [0.717, 1.165) is 17.0 Å². The summed E-state index contributed by atoms with van der Waals surface area (Å²) < 4.78 is 33.2. The van der Waals surface area contributed by atoms with Crippen molar-refractivity contribution in [2.24, 2.45) is 0 Å². The van der Waals surface area contributed by atoms with E-state index in [1.165, 1.54) is 6.07 Å². The van der Waals surface area contributed by atoms with Gasteiger partial charge in [-0.3, -0.25) is 14.6 Å². The molecule has 9 heteroatoms. The number of halogens is 2. The van der Waals surface area contributed by atoms with Gasteiger partial charge in [0, 0.05) is 12.7 Å². The van der Waals surface area contributed by atoms with E-state index in [4.69, 9.17) is 4.52 Å². The summed E-state index contributed by atoms with van der Waals surface area (Å²) in [6.07, 6.45) is 1.77. The lowest BCUT2D eigenvalue weighted by molar-refractivity contribution is -0.118. The van der Waals surface area contributed by atoms with Gasteiger partial charge in [-0.2, -0.15) is 0 Å². The van der Waals surface area contributed by atoms with Crippen LogP contribution in [0.4, 0.5) is 14.5 Å². The molecule has 29 heavy (non-hydrogen) atoms. The highest BCUT2D eigenvalue weighted by Crippen LogP contribution is 2.28. The van der Waals surface area contributed by atoms with Crippen molar-refractivity contribution in [1.29, 1.82) is 0 Å². The average Bonchev–Trinajstić information content (AvgIpc) is 3.26. The Balaban J connectivity index is 1.56. The van der Waals surface area contributed by atoms with Crippen molar-refractivity contribution in [3.8, 4) is 11.4 Å². The fourth-order valence-electron chi connectivity index (χ4n) is 3.33. The molecule has 0 bridgehead atoms. The normalized spacial score (nSPS) is 16.3. The van der Waals surface area contributed by atoms with Crippen LogP contribution < -0.4 is 10.2 Å². The van der Waals surface area contributed by atoms with Gasteiger partial charge in [0.25, 0.3) is 5.91 Å². The number of carbonyl (C=O) groups is 2. The maximum Gasteiger partial charge on any atom is 0.257 e. The molecule has 1 aromatic carbocycles. The Morgan fingerprint density at radius 2 is 1.97 bits per heavy atom. The first kappa shape index (κ1) is 18.7. The second kappa shape index (κ2) is 7.42. The van der Waals surface area contributed by atoms with Gasteiger partial charge in [0.1, 0.15) is 40.4 Å². The third-order valence-electron chi connectivity index (χ3n) is 4.72. The summed E-state index contributed by atoms with van der Waals surface area (Å²) in [4.78, 5) is 30.7. The average molecular weight is 398 g/mol. The lowest BCUT2D eigenvalue weighted by atomic mass is 10.1. The molecule has 3 aromatic rings. The monoisotopic (exact) mass is 398 g/mol. The second-order valence-corrected chi connectivity index (χ2v) is 6.55. The fourth-order valence-corrected chi connectivity index (χ4v) is 3.33. The number of aromatic nitrogens is 2. The summed E-state index contributed by atoms with van der Waals surface area (Å²) in [5.41, 5.74) is 0.446. The Kier molecular flexibility index (Phi) is 4.79. The van der Waals surface area contributed by atoms with Crippen molar-refractivity contribution in [3.05, 3.63) is 65.6 Å². The van der Waals surface area contributed by atoms with Crippen LogP contribution in [0.2, 0.25) is 0 Å². The Bertz CT molecular complexity index is 1060. The highest BCUT2D eigenvalue weighted by Gasteiger charge is 2.37. The van der Waals surface area contributed by atoms with Gasteiger partial charge >= 0.3 is 0 Å². The maximum absolute atomic E-state index is 14.0. The van der Waals surface area contributed by atoms with Crippen molar-refractivity contribution in [3.63, 3.8) is 0 Å². The Hall–Kier alpha value is -3.62. The van der Waals surface area contributed by atoms with E-state index in [1.807, 2.05) is 0 Å². The van der Waals surface area contributed by atoms with E-state index in [0.29, 0.717) is 5.69 Å². The van der Waals surface area contributed by atoms with Gasteiger partial charge in [-0.25, -0.2) is 8.78 Å². The van der Waals surface area contributed by atoms with Gasteiger partial charge in [0.2, 0.25) is 5.91 Å². The Labute approximate surface area is 164 Å². The first-order valence-corrected chi connectivity index (χ1v) is 8.91. The van der Waals surface area contributed by atoms with Crippen LogP contribution in [0.3, 0.4) is 0 Å². The van der Waals surface area contributed by atoms with E-state index >= 15 is 0 Å². The third-order valence-corrected chi connectivity index (χ3v) is 4.72. The Morgan fingerprint density at radius 3 is 2.66 bits per heavy atom. The topological polar surface area (TPSA) is 88.3 Å². The molecular formula is C20H16F2N4O3. The number of rotatable bonds is 4. The van der Waals surface area contributed by atoms with Crippen LogP contribution in [-0.4, -0.2) is 34.5 Å². The minimum absolute atomic E-state index is 0.0807. The van der Waals surface area contributed by atoms with Gasteiger partial charge in [0.05, 0.1) is 5.69 Å². The molecule has 148 valence electrons. The molecule has 2 amide bonds. The zero-order valence-electron chi connectivity index (χ0n) is 15.4. The standard InChI is InChI=1S/C20H16F2N4O3/c1-11-16(17(25-29-11)14-7-2-3-9-23-14)19(27)24-15-8-10-26(20(15)28)18-12(21)5-4-6-13(18)22/h2-7,9,15H,8,10H2,1H3,(H,24,27)/t15-/m1/s1. The molecule has 3 heterocycles. The molecule has 0 unspecified atom stereocenters. The van der Waals surface area contributed by atoms with Gasteiger partial charge in [0.15, 0.2) is 0 Å². The van der Waals surface area contributed by atoms with Crippen molar-refractivity contribution >= 4 is 17.5 Å². The van der Waals surface area contributed by atoms with E-state index in [-0.39, 0.29) is 30.0 Å². The number of para-hydroxylation sites is 1. The molecule has 1 fully saturated rings. The number of nitrogens with zero attached hydrogens (tertiary/aromatic N) is 3. The van der Waals surface area contributed by atoms with Crippen LogP contribution >= 0.6 is 0 Å². The summed E-state index contributed by atoms with van der Waals surface area (Å²) in [5.74, 6) is -2.56. The predicted molar refractivity (Wildman–Crippen MR) is 99.1 cm³/mol. The summed E-state index contributed by atoms with van der Waals surface area (Å²) in [5, 5.41) is 6.51. The molecule has 1 saturated heterocycles. The zero-order chi connectivity index (χ0) is 20.5. The number of anilines is 1. The number of aryl methyl sites for hydroxylation is 1. The summed E-state index contributed by atoms with van der Waals surface area (Å²) in [7, 11) is 0. The number of amides is 2. The SMILES string of the molecule is Cc1onc(-c2ccccn2)c1C(=O)N[C@@H]1CCN(c2c(F)cccc2F)C1=O. The van der Waals surface area contributed by atoms with Crippen LogP contribution in [0.15, 0.2) is 47.1 Å². The van der Waals surface area contributed by atoms with E-state index < -0.39 is 35.2 Å². The molecule has 1 aliphatic rings. The van der Waals surface area contributed by atoms with Crippen molar-refractivity contribution in [2.45, 2.75) is 19.4 Å². The first-order valence-electron chi connectivity index (χ1n) is 8.91. The minimum atomic E-state index is -0.924. The largest absolute Gasteiger partial charge is 0.360 e. The molecular weight excluding hydrogens is 382 g/mol. The third kappa shape index (κ3) is 3.35. The van der Waals surface area contributed by atoms with Crippen molar-refractivity contribution in [2.75, 3.05) is 11.4 Å². The molecule has 4 rings (SSSR count). The first-order chi connectivity index (χ1) is 14.0. The molecule has 0 saturated carbocycles. The number of pyridine rings is 1. The molecule has 1 aliphatic heterocycles. The quantitative estimate of drug-likeness (QED) is 0.730. The number of hydrogen-bond donors (Lipinski definition) is 1. The highest BCUT2D eigenvalue weighted by molar-refractivity contribution is 6.06. The number of benzene rings is 1. The number of nitrogens with one attached hydrogen (secondary N) is 1. The van der Waals surface area contributed by atoms with Crippen molar-refractivity contribution in [1.82, 2.24) is 15.5 Å². The molecule has 0 aliphatic carbocycles. The second-order valence-electron chi connectivity index (χ2n) is 6.55. The lowest BCUT2D eigenvalue weighted by Gasteiger charge is -2.18. The van der Waals surface area contributed by atoms with Crippen LogP contribution in [0.25, 0.3) is 11.4 Å². The van der Waals surface area contributed by atoms with E-state index in [9.17, 15) is 18.4 Å². The molecule has 2 aromatic heterocycles. The van der Waals surface area contributed by atoms with Crippen LogP contribution in [0, 0.1) is 18.6 Å². The van der Waals surface area contributed by atoms with Gasteiger partial charge in [-0.15, -0.1) is 0 Å². The van der Waals surface area contributed by atoms with Crippen molar-refractivity contribution < 1.29 is 22.9 Å². The smallest absolute Gasteiger partial charge is 0.257 e. The van der Waals surface area contributed by atoms with Crippen LogP contribution in [0.5, 0.6) is 0 Å². The van der Waals surface area contributed by atoms with Crippen LogP contribution in [-0.2, 0) is 4.79 Å². The molecule has 0 spiro atoms. The van der Waals surface area contributed by atoms with Gasteiger partial charge in [-0.1, -0.05) is 17.3 Å². The lowest BCUT2D eigenvalue weighted by Crippen LogP contribution is -2.42. The molecule has 7 nitrogen and oxygen atoms in total. The van der Waals surface area contributed by atoms with Gasteiger partial charge < -0.3 is 14.7 Å². The molecule has 1 atom stereocenters. The fraction of sp³-hybridized carbons (Fsp3) is 0.200. The van der Waals surface area contributed by atoms with E-state index in [1.54, 1.807) is 31.3 Å². The zero-order valence-corrected chi connectivity index (χ0v) is 15.4. The minimum Gasteiger partial charge on any atom is -0.360 e. The summed E-state index contributed by atoms with van der Waals surface area (Å²) in [6.45, 7) is 1.66. The molecule has 1 N–H and O–H groups in total. The van der Waals surface area contributed by atoms with Crippen LogP contribution in [0.1, 0.15) is 22.5 Å². The highest BCUT2D eigenvalue weighted by atomic mass is 19.1. The predicted octanol–water partition coefficient (Wildman–Crippen LogP) is 2.86. The molecule has 0 radical (unpaired) electrons. The summed E-state index contributed by atoms with van der Waals surface area (Å²) in [6, 6.07) is 7.61. The maximum atomic E-state index is 14.0. The number of carbonyl (C=O) groups excluding carboxylic acids is 2. The van der Waals surface area contributed by atoms with E-state index in [2.05, 4.69) is 15.5 Å². The Morgan fingerprint density at radius 1 is 1.21 bits per heavy atom.